The van der Waals surface area contributed by atoms with E-state index in [9.17, 15) is 4.79 Å². The third kappa shape index (κ3) is 4.67. The molecular weight excluding hydrogens is 382 g/mol. The minimum Gasteiger partial charge on any atom is -0.436 e. The van der Waals surface area contributed by atoms with Crippen LogP contribution in [0.25, 0.3) is 22.6 Å². The average Bonchev–Trinajstić information content (AvgIpc) is 3.12. The number of hydrogen-bond acceptors (Lipinski definition) is 4. The summed E-state index contributed by atoms with van der Waals surface area (Å²) in [5, 5.41) is 5.98. The standard InChI is InChI=1S/C23H19N3O2S/c1-15-7-12-19-20(13-15)28-22(25-19)17-8-10-18(11-9-17)24-23(29)26-21(27)14-16-5-3-2-4-6-16/h2-13H,14H2,1H3,(H2,24,26,27,29). The van der Waals surface area contributed by atoms with Gasteiger partial charge in [-0.2, -0.15) is 0 Å². The number of anilines is 1. The number of hydrogen-bond donors (Lipinski definition) is 2. The van der Waals surface area contributed by atoms with Gasteiger partial charge in [-0.15, -0.1) is 0 Å². The molecule has 0 radical (unpaired) electrons. The number of nitrogens with one attached hydrogen (secondary N) is 2. The van der Waals surface area contributed by atoms with Gasteiger partial charge in [0, 0.05) is 11.3 Å². The van der Waals surface area contributed by atoms with E-state index in [1.54, 1.807) is 0 Å². The zero-order valence-electron chi connectivity index (χ0n) is 15.8. The lowest BCUT2D eigenvalue weighted by Crippen LogP contribution is -2.35. The number of nitrogens with zero attached hydrogens (tertiary/aromatic N) is 1. The van der Waals surface area contributed by atoms with Gasteiger partial charge in [0.2, 0.25) is 11.8 Å². The summed E-state index contributed by atoms with van der Waals surface area (Å²) in [7, 11) is 0. The molecule has 2 N–H and O–H groups in total. The van der Waals surface area contributed by atoms with Crippen molar-refractivity contribution in [2.45, 2.75) is 13.3 Å². The first-order valence-electron chi connectivity index (χ1n) is 9.19. The van der Waals surface area contributed by atoms with Crippen molar-refractivity contribution in [3.8, 4) is 11.5 Å². The second-order valence-corrected chi connectivity index (χ2v) is 7.14. The van der Waals surface area contributed by atoms with Gasteiger partial charge in [0.05, 0.1) is 6.42 Å². The summed E-state index contributed by atoms with van der Waals surface area (Å²) >= 11 is 5.24. The molecule has 0 aliphatic carbocycles. The Morgan fingerprint density at radius 3 is 2.55 bits per heavy atom. The Kier molecular flexibility index (Phi) is 5.35. The van der Waals surface area contributed by atoms with Crippen LogP contribution in [0.15, 0.2) is 77.2 Å². The molecule has 5 nitrogen and oxygen atoms in total. The average molecular weight is 401 g/mol. The quantitative estimate of drug-likeness (QED) is 0.478. The zero-order valence-corrected chi connectivity index (χ0v) is 16.6. The van der Waals surface area contributed by atoms with Gasteiger partial charge < -0.3 is 15.1 Å². The van der Waals surface area contributed by atoms with Crippen molar-refractivity contribution in [1.29, 1.82) is 0 Å². The van der Waals surface area contributed by atoms with E-state index in [2.05, 4.69) is 15.6 Å². The molecule has 29 heavy (non-hydrogen) atoms. The van der Waals surface area contributed by atoms with E-state index in [0.29, 0.717) is 5.89 Å². The molecule has 0 aliphatic heterocycles. The molecule has 4 aromatic rings. The number of aryl methyl sites for hydroxylation is 1. The Bertz CT molecular complexity index is 1170. The number of carbonyl (C=O) groups is 1. The second kappa shape index (κ2) is 8.24. The van der Waals surface area contributed by atoms with Gasteiger partial charge >= 0.3 is 0 Å². The smallest absolute Gasteiger partial charge is 0.230 e. The second-order valence-electron chi connectivity index (χ2n) is 6.73. The first kappa shape index (κ1) is 18.8. The van der Waals surface area contributed by atoms with Gasteiger partial charge in [0.15, 0.2) is 10.7 Å². The minimum atomic E-state index is -0.160. The van der Waals surface area contributed by atoms with Crippen LogP contribution < -0.4 is 10.6 Å². The van der Waals surface area contributed by atoms with Crippen LogP contribution >= 0.6 is 12.2 Å². The van der Waals surface area contributed by atoms with Crippen LogP contribution in [0.2, 0.25) is 0 Å². The van der Waals surface area contributed by atoms with Crippen molar-refractivity contribution >= 4 is 40.0 Å². The third-order valence-electron chi connectivity index (χ3n) is 4.39. The molecule has 0 aliphatic rings. The fourth-order valence-corrected chi connectivity index (χ4v) is 3.20. The molecule has 0 bridgehead atoms. The van der Waals surface area contributed by atoms with E-state index in [1.807, 2.05) is 79.7 Å². The number of oxazole rings is 1. The predicted molar refractivity (Wildman–Crippen MR) is 119 cm³/mol. The van der Waals surface area contributed by atoms with Crippen LogP contribution in [0.3, 0.4) is 0 Å². The molecule has 0 atom stereocenters. The SMILES string of the molecule is Cc1ccc2nc(-c3ccc(NC(=S)NC(=O)Cc4ccccc4)cc3)oc2c1. The summed E-state index contributed by atoms with van der Waals surface area (Å²) in [5.41, 5.74) is 5.29. The Morgan fingerprint density at radius 2 is 1.79 bits per heavy atom. The summed E-state index contributed by atoms with van der Waals surface area (Å²) in [5.74, 6) is 0.406. The minimum absolute atomic E-state index is 0.160. The van der Waals surface area contributed by atoms with Gasteiger partial charge in [-0.25, -0.2) is 4.98 Å². The van der Waals surface area contributed by atoms with Crippen molar-refractivity contribution in [3.63, 3.8) is 0 Å². The van der Waals surface area contributed by atoms with Gasteiger partial charge in [0.1, 0.15) is 5.52 Å². The van der Waals surface area contributed by atoms with Crippen molar-refractivity contribution in [1.82, 2.24) is 10.3 Å². The highest BCUT2D eigenvalue weighted by Gasteiger charge is 2.09. The topological polar surface area (TPSA) is 67.2 Å². The number of thiocarbonyl (C=S) groups is 1. The molecular formula is C23H19N3O2S. The zero-order chi connectivity index (χ0) is 20.2. The van der Waals surface area contributed by atoms with Crippen molar-refractivity contribution < 1.29 is 9.21 Å². The molecule has 1 aromatic heterocycles. The van der Waals surface area contributed by atoms with E-state index >= 15 is 0 Å². The fraction of sp³-hybridized carbons (Fsp3) is 0.0870. The lowest BCUT2D eigenvalue weighted by atomic mass is 10.1. The Labute approximate surface area is 173 Å². The van der Waals surface area contributed by atoms with Crippen LogP contribution in [0.5, 0.6) is 0 Å². The highest BCUT2D eigenvalue weighted by molar-refractivity contribution is 7.80. The molecule has 0 fully saturated rings. The molecule has 0 saturated carbocycles. The summed E-state index contributed by atoms with van der Waals surface area (Å²) < 4.78 is 5.85. The molecule has 4 rings (SSSR count). The van der Waals surface area contributed by atoms with Crippen molar-refractivity contribution in [2.75, 3.05) is 5.32 Å². The van der Waals surface area contributed by atoms with E-state index in [0.717, 1.165) is 33.5 Å². The Hall–Kier alpha value is -3.51. The fourth-order valence-electron chi connectivity index (χ4n) is 2.97. The van der Waals surface area contributed by atoms with Crippen molar-refractivity contribution in [3.05, 3.63) is 83.9 Å². The maximum atomic E-state index is 12.1. The maximum absolute atomic E-state index is 12.1. The first-order chi connectivity index (χ1) is 14.1. The maximum Gasteiger partial charge on any atom is 0.230 e. The lowest BCUT2D eigenvalue weighted by molar-refractivity contribution is -0.119. The normalized spacial score (nSPS) is 10.7. The molecule has 1 amide bonds. The van der Waals surface area contributed by atoms with Crippen LogP contribution in [0.1, 0.15) is 11.1 Å². The predicted octanol–water partition coefficient (Wildman–Crippen LogP) is 4.86. The van der Waals surface area contributed by atoms with E-state index in [4.69, 9.17) is 16.6 Å². The highest BCUT2D eigenvalue weighted by Crippen LogP contribution is 2.25. The first-order valence-corrected chi connectivity index (χ1v) is 9.60. The third-order valence-corrected chi connectivity index (χ3v) is 4.60. The Balaban J connectivity index is 1.38. The molecule has 6 heteroatoms. The molecule has 0 spiro atoms. The molecule has 144 valence electrons. The summed E-state index contributed by atoms with van der Waals surface area (Å²) in [4.78, 5) is 16.6. The largest absolute Gasteiger partial charge is 0.436 e. The van der Waals surface area contributed by atoms with Gasteiger partial charge in [-0.3, -0.25) is 4.79 Å². The van der Waals surface area contributed by atoms with E-state index in [-0.39, 0.29) is 17.4 Å². The molecule has 0 saturated heterocycles. The van der Waals surface area contributed by atoms with Crippen LogP contribution in [0.4, 0.5) is 5.69 Å². The number of benzene rings is 3. The molecule has 3 aromatic carbocycles. The number of fused-ring (bicyclic) bond motifs is 1. The van der Waals surface area contributed by atoms with Gasteiger partial charge in [0.25, 0.3) is 0 Å². The molecule has 0 unspecified atom stereocenters. The van der Waals surface area contributed by atoms with Crippen LogP contribution in [-0.2, 0) is 11.2 Å². The van der Waals surface area contributed by atoms with Crippen molar-refractivity contribution in [2.24, 2.45) is 0 Å². The van der Waals surface area contributed by atoms with E-state index < -0.39 is 0 Å². The van der Waals surface area contributed by atoms with E-state index in [1.165, 1.54) is 0 Å². The monoisotopic (exact) mass is 401 g/mol. The lowest BCUT2D eigenvalue weighted by Gasteiger charge is -2.10. The number of aromatic nitrogens is 1. The number of amides is 1. The number of carbonyl (C=O) groups excluding carboxylic acids is 1. The highest BCUT2D eigenvalue weighted by atomic mass is 32.1. The number of rotatable bonds is 4. The summed E-state index contributed by atoms with van der Waals surface area (Å²) in [6.07, 6.45) is 0.277. The summed E-state index contributed by atoms with van der Waals surface area (Å²) in [6, 6.07) is 23.0. The summed E-state index contributed by atoms with van der Waals surface area (Å²) in [6.45, 7) is 2.02. The molecule has 1 heterocycles. The van der Waals surface area contributed by atoms with Crippen LogP contribution in [-0.4, -0.2) is 16.0 Å². The van der Waals surface area contributed by atoms with Gasteiger partial charge in [-0.05, 0) is 66.7 Å². The van der Waals surface area contributed by atoms with Crippen LogP contribution in [0, 0.1) is 6.92 Å². The Morgan fingerprint density at radius 1 is 1.03 bits per heavy atom. The van der Waals surface area contributed by atoms with Gasteiger partial charge in [-0.1, -0.05) is 36.4 Å².